The summed E-state index contributed by atoms with van der Waals surface area (Å²) in [5.41, 5.74) is 5.70. The Morgan fingerprint density at radius 2 is 1.76 bits per heavy atom. The molecule has 2 rings (SSSR count). The molecule has 0 spiro atoms. The maximum absolute atomic E-state index is 6.58. The summed E-state index contributed by atoms with van der Waals surface area (Å²) in [5.74, 6) is 1.69. The summed E-state index contributed by atoms with van der Waals surface area (Å²) < 4.78 is 23.7. The van der Waals surface area contributed by atoms with Gasteiger partial charge in [0.05, 0.1) is 32.9 Å². The Hall–Kier alpha value is -0.0600. The molecule has 3 unspecified atom stereocenters. The van der Waals surface area contributed by atoms with E-state index in [9.17, 15) is 0 Å². The Bertz CT molecular complexity index is 450. The van der Waals surface area contributed by atoms with E-state index in [0.29, 0.717) is 26.3 Å². The Morgan fingerprint density at radius 3 is 2.32 bits per heavy atom. The van der Waals surface area contributed by atoms with Crippen LogP contribution in [0.15, 0.2) is 4.74 Å². The number of hydrogen-bond donors (Lipinski definition) is 1. The first-order valence-electron chi connectivity index (χ1n) is 9.91. The lowest BCUT2D eigenvalue weighted by Crippen LogP contribution is -2.53. The average Bonchev–Trinajstić information content (AvgIpc) is 2.88. The van der Waals surface area contributed by atoms with E-state index in [1.807, 2.05) is 0 Å². The van der Waals surface area contributed by atoms with E-state index in [4.69, 9.17) is 19.7 Å². The van der Waals surface area contributed by atoms with Gasteiger partial charge in [0.15, 0.2) is 6.29 Å². The summed E-state index contributed by atoms with van der Waals surface area (Å²) in [4.78, 5) is 0. The second-order valence-electron chi connectivity index (χ2n) is 8.04. The molecule has 0 radical (unpaired) electrons. The third-order valence-corrected chi connectivity index (χ3v) is 6.88. The predicted molar refractivity (Wildman–Crippen MR) is 102 cm³/mol. The summed E-state index contributed by atoms with van der Waals surface area (Å²) in [6, 6.07) is -0.0433. The van der Waals surface area contributed by atoms with Crippen LogP contribution in [0.1, 0.15) is 61.3 Å². The minimum absolute atomic E-state index is 0.0138. The molecule has 0 aromatic carbocycles. The minimum atomic E-state index is -0.170. The summed E-state index contributed by atoms with van der Waals surface area (Å²) in [7, 11) is 0.540. The highest BCUT2D eigenvalue weighted by molar-refractivity contribution is 7.23. The van der Waals surface area contributed by atoms with Crippen molar-refractivity contribution in [3.63, 3.8) is 0 Å². The Balaban J connectivity index is 2.16. The van der Waals surface area contributed by atoms with Crippen LogP contribution in [-0.4, -0.2) is 36.7 Å². The van der Waals surface area contributed by atoms with Crippen molar-refractivity contribution in [2.75, 3.05) is 0 Å². The van der Waals surface area contributed by atoms with Crippen LogP contribution >= 0.6 is 8.52 Å². The van der Waals surface area contributed by atoms with Crippen LogP contribution in [0.2, 0.25) is 0 Å². The zero-order valence-electron chi connectivity index (χ0n) is 16.9. The molecule has 6 heteroatoms. The smallest absolute Gasteiger partial charge is 0.161 e. The van der Waals surface area contributed by atoms with E-state index in [2.05, 4.69) is 53.2 Å². The largest absolute Gasteiger partial charge is 0.373 e. The molecular weight excluding hydrogens is 335 g/mol. The molecule has 0 aromatic rings. The van der Waals surface area contributed by atoms with Crippen molar-refractivity contribution >= 4 is 8.52 Å². The Kier molecular flexibility index (Phi) is 7.84. The molecule has 2 N–H and O–H groups in total. The van der Waals surface area contributed by atoms with Gasteiger partial charge in [-0.15, -0.1) is 0 Å². The third-order valence-electron chi connectivity index (χ3n) is 6.48. The lowest BCUT2D eigenvalue weighted by molar-refractivity contribution is -0.233. The van der Waals surface area contributed by atoms with Crippen molar-refractivity contribution in [1.82, 2.24) is 0 Å². The van der Waals surface area contributed by atoms with Gasteiger partial charge in [-0.3, -0.25) is 5.50 Å². The first kappa shape index (κ1) is 21.2. The zero-order chi connectivity index (χ0) is 18.7. The third kappa shape index (κ3) is 4.44. The highest BCUT2D eigenvalue weighted by Gasteiger charge is 2.47. The standard InChI is InChI=1S/C19H37N2O3P/c1-8-10(3)17-11(4)12(5)19(23-17)24-18-13(6)15(9-2)22-14(7)16(18)21-25-20/h10-19H,8-9H2,1-7H3,(H2,20,21)/t10-,11+,12?,13-,14+,15?,16?,17+,18+,19+/m1/s1. The fourth-order valence-electron chi connectivity index (χ4n) is 4.32. The van der Waals surface area contributed by atoms with E-state index in [1.54, 1.807) is 0 Å². The van der Waals surface area contributed by atoms with Crippen molar-refractivity contribution in [3.8, 4) is 0 Å². The van der Waals surface area contributed by atoms with Crippen molar-refractivity contribution in [2.24, 2.45) is 33.9 Å². The molecule has 5 nitrogen and oxygen atoms in total. The van der Waals surface area contributed by atoms with Crippen LogP contribution in [0.25, 0.3) is 0 Å². The van der Waals surface area contributed by atoms with Gasteiger partial charge in [0.25, 0.3) is 0 Å². The maximum Gasteiger partial charge on any atom is 0.161 e. The quantitative estimate of drug-likeness (QED) is 0.691. The number of rotatable bonds is 6. The van der Waals surface area contributed by atoms with Gasteiger partial charge in [0.1, 0.15) is 6.04 Å². The van der Waals surface area contributed by atoms with Gasteiger partial charge in [0.2, 0.25) is 0 Å². The van der Waals surface area contributed by atoms with E-state index in [0.717, 1.165) is 12.8 Å². The highest BCUT2D eigenvalue weighted by Crippen LogP contribution is 2.40. The maximum atomic E-state index is 6.58. The summed E-state index contributed by atoms with van der Waals surface area (Å²) in [6.07, 6.45) is 2.40. The molecule has 2 aliphatic heterocycles. The van der Waals surface area contributed by atoms with Crippen molar-refractivity contribution in [2.45, 2.75) is 98.1 Å². The molecule has 25 heavy (non-hydrogen) atoms. The fourth-order valence-corrected chi connectivity index (χ4v) is 4.80. The van der Waals surface area contributed by atoms with Crippen LogP contribution in [0.4, 0.5) is 0 Å². The Morgan fingerprint density at radius 1 is 1.08 bits per heavy atom. The van der Waals surface area contributed by atoms with Gasteiger partial charge >= 0.3 is 0 Å². The van der Waals surface area contributed by atoms with Crippen LogP contribution < -0.4 is 5.50 Å². The molecule has 146 valence electrons. The molecule has 2 heterocycles. The molecule has 0 aromatic heterocycles. The average molecular weight is 372 g/mol. The van der Waals surface area contributed by atoms with Crippen molar-refractivity contribution in [3.05, 3.63) is 0 Å². The van der Waals surface area contributed by atoms with Crippen molar-refractivity contribution < 1.29 is 14.2 Å². The lowest BCUT2D eigenvalue weighted by Gasteiger charge is -2.44. The summed E-state index contributed by atoms with van der Waals surface area (Å²) in [6.45, 7) is 15.5. The topological polar surface area (TPSA) is 66.1 Å². The summed E-state index contributed by atoms with van der Waals surface area (Å²) >= 11 is 0. The molecule has 10 atom stereocenters. The number of nitrogens with zero attached hydrogens (tertiary/aromatic N) is 1. The first-order chi connectivity index (χ1) is 11.8. The fraction of sp³-hybridized carbons (Fsp3) is 1.00. The number of nitrogens with two attached hydrogens (primary N) is 1. The monoisotopic (exact) mass is 372 g/mol. The van der Waals surface area contributed by atoms with Crippen LogP contribution in [0, 0.1) is 23.7 Å². The first-order valence-corrected chi connectivity index (χ1v) is 10.8. The molecule has 0 amide bonds. The molecule has 2 saturated heterocycles. The van der Waals surface area contributed by atoms with Crippen LogP contribution in [0.5, 0.6) is 0 Å². The SMILES string of the molecule is CCC1O[C@@H](C)C(N=PN)[C@@H](O[C@@H]2O[C@@H]([C@H](C)CC)[C@@H](C)C2C)[C@@H]1C. The molecule has 2 aliphatic rings. The lowest BCUT2D eigenvalue weighted by atomic mass is 9.85. The Labute approximate surface area is 155 Å². The molecule has 0 saturated carbocycles. The van der Waals surface area contributed by atoms with Gasteiger partial charge in [-0.25, -0.2) is 4.74 Å². The second kappa shape index (κ2) is 9.23. The molecule has 0 aliphatic carbocycles. The van der Waals surface area contributed by atoms with Crippen molar-refractivity contribution in [1.29, 1.82) is 0 Å². The molecular formula is C19H37N2O3P. The number of hydrogen-bond acceptors (Lipinski definition) is 4. The molecule has 2 fully saturated rings. The van der Waals surface area contributed by atoms with E-state index in [-0.39, 0.29) is 42.7 Å². The number of ether oxygens (including phenoxy) is 3. The van der Waals surface area contributed by atoms with Crippen LogP contribution in [0.3, 0.4) is 0 Å². The van der Waals surface area contributed by atoms with Gasteiger partial charge in [-0.05, 0) is 25.2 Å². The van der Waals surface area contributed by atoms with Gasteiger partial charge in [-0.2, -0.15) is 0 Å². The second-order valence-corrected chi connectivity index (χ2v) is 8.50. The van der Waals surface area contributed by atoms with Gasteiger partial charge in [0, 0.05) is 11.8 Å². The van der Waals surface area contributed by atoms with Gasteiger partial charge in [-0.1, -0.05) is 48.0 Å². The normalized spacial score (nSPS) is 46.6. The minimum Gasteiger partial charge on any atom is -0.373 e. The van der Waals surface area contributed by atoms with E-state index in [1.165, 1.54) is 0 Å². The predicted octanol–water partition coefficient (Wildman–Crippen LogP) is 4.62. The summed E-state index contributed by atoms with van der Waals surface area (Å²) in [5, 5.41) is 0. The van der Waals surface area contributed by atoms with Gasteiger partial charge < -0.3 is 14.2 Å². The van der Waals surface area contributed by atoms with E-state index < -0.39 is 0 Å². The zero-order valence-corrected chi connectivity index (χ0v) is 17.8. The van der Waals surface area contributed by atoms with Crippen LogP contribution in [-0.2, 0) is 14.2 Å². The molecule has 0 bridgehead atoms. The highest BCUT2D eigenvalue weighted by atomic mass is 31.1. The van der Waals surface area contributed by atoms with E-state index >= 15 is 0 Å².